The van der Waals surface area contributed by atoms with E-state index in [1.165, 1.54) is 0 Å². The molecule has 0 aliphatic heterocycles. The summed E-state index contributed by atoms with van der Waals surface area (Å²) in [5.74, 6) is 0.0918. The fraction of sp³-hybridized carbons (Fsp3) is 0.125. The summed E-state index contributed by atoms with van der Waals surface area (Å²) in [7, 11) is 0. The number of ether oxygens (including phenoxy) is 1. The number of aromatic nitrogens is 4. The molecule has 1 aromatic heterocycles. The zero-order chi connectivity index (χ0) is 16.8. The van der Waals surface area contributed by atoms with E-state index in [1.807, 2.05) is 36.4 Å². The van der Waals surface area contributed by atoms with Crippen LogP contribution >= 0.6 is 0 Å². The Morgan fingerprint density at radius 2 is 1.88 bits per heavy atom. The number of benzene rings is 2. The van der Waals surface area contributed by atoms with Gasteiger partial charge in [0.15, 0.2) is 6.61 Å². The third-order valence-corrected chi connectivity index (χ3v) is 3.27. The molecule has 122 valence electrons. The van der Waals surface area contributed by atoms with Crippen molar-refractivity contribution in [1.29, 1.82) is 0 Å². The Balaban J connectivity index is 1.54. The zero-order valence-corrected chi connectivity index (χ0v) is 12.6. The number of hydrogen-bond acceptors (Lipinski definition) is 6. The first-order valence-corrected chi connectivity index (χ1v) is 7.22. The first kappa shape index (κ1) is 15.5. The van der Waals surface area contributed by atoms with Crippen molar-refractivity contribution in [2.45, 2.75) is 6.54 Å². The Morgan fingerprint density at radius 1 is 1.12 bits per heavy atom. The van der Waals surface area contributed by atoms with Gasteiger partial charge >= 0.3 is 5.97 Å². The van der Waals surface area contributed by atoms with Crippen LogP contribution in [-0.4, -0.2) is 38.3 Å². The zero-order valence-electron chi connectivity index (χ0n) is 12.6. The molecule has 0 unspecified atom stereocenters. The van der Waals surface area contributed by atoms with Gasteiger partial charge in [-0.05, 0) is 47.2 Å². The van der Waals surface area contributed by atoms with Crippen molar-refractivity contribution in [3.05, 3.63) is 54.1 Å². The molecule has 2 aromatic carbocycles. The van der Waals surface area contributed by atoms with Crippen molar-refractivity contribution in [3.8, 4) is 17.1 Å². The molecule has 0 bridgehead atoms. The van der Waals surface area contributed by atoms with Crippen molar-refractivity contribution in [2.24, 2.45) is 0 Å². The molecule has 3 N–H and O–H groups in total. The molecule has 0 amide bonds. The Labute approximate surface area is 137 Å². The maximum absolute atomic E-state index is 10.5. The summed E-state index contributed by atoms with van der Waals surface area (Å²) >= 11 is 0. The van der Waals surface area contributed by atoms with E-state index in [0.717, 1.165) is 16.8 Å². The van der Waals surface area contributed by atoms with Crippen LogP contribution in [0, 0.1) is 0 Å². The van der Waals surface area contributed by atoms with Crippen LogP contribution < -0.4 is 10.1 Å². The van der Waals surface area contributed by atoms with Crippen LogP contribution in [0.2, 0.25) is 0 Å². The molecule has 0 aliphatic carbocycles. The number of tetrazole rings is 1. The van der Waals surface area contributed by atoms with Gasteiger partial charge in [-0.2, -0.15) is 5.21 Å². The topological polar surface area (TPSA) is 113 Å². The number of nitrogens with one attached hydrogen (secondary N) is 2. The van der Waals surface area contributed by atoms with E-state index in [9.17, 15) is 4.79 Å². The number of hydrogen-bond donors (Lipinski definition) is 3. The summed E-state index contributed by atoms with van der Waals surface area (Å²) in [6.07, 6.45) is 0. The van der Waals surface area contributed by atoms with E-state index in [2.05, 4.69) is 25.9 Å². The van der Waals surface area contributed by atoms with Crippen molar-refractivity contribution in [2.75, 3.05) is 11.9 Å². The minimum absolute atomic E-state index is 0.343. The van der Waals surface area contributed by atoms with Crippen LogP contribution in [0.5, 0.6) is 5.75 Å². The molecule has 0 aliphatic rings. The third-order valence-electron chi connectivity index (χ3n) is 3.27. The number of carbonyl (C=O) groups is 1. The van der Waals surface area contributed by atoms with E-state index >= 15 is 0 Å². The third kappa shape index (κ3) is 4.07. The molecule has 0 radical (unpaired) electrons. The van der Waals surface area contributed by atoms with Gasteiger partial charge in [-0.3, -0.25) is 0 Å². The number of carboxylic acid groups (broad SMARTS) is 1. The minimum atomic E-state index is -0.995. The molecular weight excluding hydrogens is 310 g/mol. The predicted molar refractivity (Wildman–Crippen MR) is 86.5 cm³/mol. The van der Waals surface area contributed by atoms with E-state index < -0.39 is 5.97 Å². The smallest absolute Gasteiger partial charge is 0.341 e. The molecule has 0 spiro atoms. The Bertz CT molecular complexity index is 786. The average Bonchev–Trinajstić information content (AvgIpc) is 3.14. The molecule has 0 atom stereocenters. The van der Waals surface area contributed by atoms with E-state index in [1.54, 1.807) is 12.1 Å². The van der Waals surface area contributed by atoms with Gasteiger partial charge in [-0.15, -0.1) is 10.2 Å². The van der Waals surface area contributed by atoms with E-state index in [-0.39, 0.29) is 6.61 Å². The number of anilines is 1. The van der Waals surface area contributed by atoms with Gasteiger partial charge in [-0.25, -0.2) is 4.79 Å². The quantitative estimate of drug-likeness (QED) is 0.608. The fourth-order valence-electron chi connectivity index (χ4n) is 2.07. The van der Waals surface area contributed by atoms with Gasteiger partial charge in [0.25, 0.3) is 0 Å². The Hall–Kier alpha value is -3.42. The predicted octanol–water partition coefficient (Wildman–Crippen LogP) is 1.94. The highest BCUT2D eigenvalue weighted by Gasteiger charge is 2.03. The lowest BCUT2D eigenvalue weighted by Crippen LogP contribution is -2.09. The molecule has 1 heterocycles. The average molecular weight is 325 g/mol. The monoisotopic (exact) mass is 325 g/mol. The highest BCUT2D eigenvalue weighted by molar-refractivity contribution is 5.68. The Kier molecular flexibility index (Phi) is 4.66. The summed E-state index contributed by atoms with van der Waals surface area (Å²) < 4.78 is 5.09. The number of rotatable bonds is 7. The molecule has 0 saturated carbocycles. The number of aromatic amines is 1. The second-order valence-corrected chi connectivity index (χ2v) is 4.99. The van der Waals surface area contributed by atoms with Crippen molar-refractivity contribution in [1.82, 2.24) is 20.6 Å². The fourth-order valence-corrected chi connectivity index (χ4v) is 2.07. The lowest BCUT2D eigenvalue weighted by atomic mass is 10.2. The van der Waals surface area contributed by atoms with Gasteiger partial charge in [0.2, 0.25) is 5.82 Å². The summed E-state index contributed by atoms with van der Waals surface area (Å²) in [6.45, 7) is 0.297. The molecular formula is C16H15N5O3. The normalized spacial score (nSPS) is 10.3. The number of nitrogens with zero attached hydrogens (tertiary/aromatic N) is 3. The summed E-state index contributed by atoms with van der Waals surface area (Å²) in [5, 5.41) is 25.7. The van der Waals surface area contributed by atoms with Crippen LogP contribution in [0.25, 0.3) is 11.4 Å². The Morgan fingerprint density at radius 3 is 2.50 bits per heavy atom. The lowest BCUT2D eigenvalue weighted by molar-refractivity contribution is -0.139. The maximum atomic E-state index is 10.5. The lowest BCUT2D eigenvalue weighted by Gasteiger charge is -2.08. The van der Waals surface area contributed by atoms with Gasteiger partial charge in [0.05, 0.1) is 0 Å². The van der Waals surface area contributed by atoms with E-state index in [0.29, 0.717) is 18.1 Å². The van der Waals surface area contributed by atoms with Crippen molar-refractivity contribution in [3.63, 3.8) is 0 Å². The summed E-state index contributed by atoms with van der Waals surface area (Å²) in [4.78, 5) is 10.5. The number of aliphatic carboxylic acids is 1. The van der Waals surface area contributed by atoms with Crippen molar-refractivity contribution >= 4 is 11.7 Å². The molecule has 0 saturated heterocycles. The number of carboxylic acids is 1. The van der Waals surface area contributed by atoms with Gasteiger partial charge < -0.3 is 15.2 Å². The molecule has 24 heavy (non-hydrogen) atoms. The molecule has 0 fully saturated rings. The number of H-pyrrole nitrogens is 1. The van der Waals surface area contributed by atoms with Crippen LogP contribution in [0.15, 0.2) is 48.5 Å². The van der Waals surface area contributed by atoms with E-state index in [4.69, 9.17) is 9.84 Å². The largest absolute Gasteiger partial charge is 0.482 e. The van der Waals surface area contributed by atoms with Crippen molar-refractivity contribution < 1.29 is 14.6 Å². The second kappa shape index (κ2) is 7.23. The van der Waals surface area contributed by atoms with Gasteiger partial charge in [-0.1, -0.05) is 12.1 Å². The summed E-state index contributed by atoms with van der Waals surface area (Å²) in [5.41, 5.74) is 2.91. The molecule has 3 rings (SSSR count). The van der Waals surface area contributed by atoms with Crippen LogP contribution in [0.3, 0.4) is 0 Å². The maximum Gasteiger partial charge on any atom is 0.341 e. The van der Waals surface area contributed by atoms with Gasteiger partial charge in [0, 0.05) is 17.8 Å². The molecule has 8 heteroatoms. The molecule has 8 nitrogen and oxygen atoms in total. The summed E-state index contributed by atoms with van der Waals surface area (Å²) in [6, 6.07) is 15.0. The highest BCUT2D eigenvalue weighted by atomic mass is 16.5. The van der Waals surface area contributed by atoms with Gasteiger partial charge in [0.1, 0.15) is 5.75 Å². The van der Waals surface area contributed by atoms with Crippen LogP contribution in [0.1, 0.15) is 5.56 Å². The second-order valence-electron chi connectivity index (χ2n) is 4.99. The first-order chi connectivity index (χ1) is 11.7. The minimum Gasteiger partial charge on any atom is -0.482 e. The van der Waals surface area contributed by atoms with Crippen LogP contribution in [-0.2, 0) is 11.3 Å². The SMILES string of the molecule is O=C(O)COc1ccc(CNc2ccc(-c3nn[nH]n3)cc2)cc1. The standard InChI is InChI=1S/C16H15N5O3/c22-15(23)10-24-14-7-1-11(2-8-14)9-17-13-5-3-12(4-6-13)16-18-20-21-19-16/h1-8,17H,9-10H2,(H,22,23)(H,18,19,20,21). The first-order valence-electron chi connectivity index (χ1n) is 7.22. The molecule has 3 aromatic rings. The van der Waals surface area contributed by atoms with Crippen LogP contribution in [0.4, 0.5) is 5.69 Å². The highest BCUT2D eigenvalue weighted by Crippen LogP contribution is 2.18.